The summed E-state index contributed by atoms with van der Waals surface area (Å²) in [6, 6.07) is -0.868. The number of aliphatic carboxylic acids is 1. The molecule has 1 aliphatic heterocycles. The van der Waals surface area contributed by atoms with E-state index in [2.05, 4.69) is 11.9 Å². The number of carbonyl (C=O) groups is 2. The molecule has 0 aromatic heterocycles. The van der Waals surface area contributed by atoms with E-state index in [0.717, 1.165) is 0 Å². The van der Waals surface area contributed by atoms with Crippen molar-refractivity contribution < 1.29 is 14.7 Å². The third-order valence-corrected chi connectivity index (χ3v) is 1.35. The number of nitrogens with one attached hydrogen (secondary N) is 1. The van der Waals surface area contributed by atoms with Crippen LogP contribution in [0.1, 0.15) is 6.42 Å². The Morgan fingerprint density at radius 1 is 1.80 bits per heavy atom. The second-order valence-corrected chi connectivity index (χ2v) is 2.17. The van der Waals surface area contributed by atoms with Gasteiger partial charge in [0.2, 0.25) is 5.91 Å². The van der Waals surface area contributed by atoms with E-state index in [4.69, 9.17) is 5.11 Å². The molecule has 0 unspecified atom stereocenters. The Balaban J connectivity index is 2.72. The molecule has 0 aliphatic carbocycles. The minimum Gasteiger partial charge on any atom is -0.479 e. The summed E-state index contributed by atoms with van der Waals surface area (Å²) in [4.78, 5) is 20.8. The fraction of sp³-hybridized carbons (Fsp3) is 0.333. The van der Waals surface area contributed by atoms with Gasteiger partial charge in [-0.3, -0.25) is 4.79 Å². The molecule has 1 rings (SSSR count). The Bertz CT molecular complexity index is 209. The molecule has 1 amide bonds. The Kier molecular flexibility index (Phi) is 1.45. The SMILES string of the molecule is C=C1CC(=O)N[C@@H]1C(=O)O. The third kappa shape index (κ3) is 1.00. The first kappa shape index (κ1) is 6.80. The maximum atomic E-state index is 10.5. The first-order valence-corrected chi connectivity index (χ1v) is 2.81. The maximum Gasteiger partial charge on any atom is 0.330 e. The van der Waals surface area contributed by atoms with Crippen molar-refractivity contribution in [3.8, 4) is 0 Å². The van der Waals surface area contributed by atoms with Crippen LogP contribution in [0.3, 0.4) is 0 Å². The zero-order valence-corrected chi connectivity index (χ0v) is 5.26. The van der Waals surface area contributed by atoms with E-state index in [-0.39, 0.29) is 12.3 Å². The second-order valence-electron chi connectivity index (χ2n) is 2.17. The lowest BCUT2D eigenvalue weighted by Crippen LogP contribution is -2.33. The van der Waals surface area contributed by atoms with Crippen LogP contribution >= 0.6 is 0 Å². The summed E-state index contributed by atoms with van der Waals surface area (Å²) in [7, 11) is 0. The van der Waals surface area contributed by atoms with Crippen LogP contribution in [0.2, 0.25) is 0 Å². The summed E-state index contributed by atoms with van der Waals surface area (Å²) in [6.45, 7) is 3.44. The van der Waals surface area contributed by atoms with Crippen molar-refractivity contribution in [3.05, 3.63) is 12.2 Å². The molecule has 54 valence electrons. The van der Waals surface area contributed by atoms with Crippen LogP contribution in [0.4, 0.5) is 0 Å². The highest BCUT2D eigenvalue weighted by Gasteiger charge is 2.30. The molecule has 0 aromatic carbocycles. The highest BCUT2D eigenvalue weighted by molar-refractivity contribution is 5.92. The largest absolute Gasteiger partial charge is 0.479 e. The van der Waals surface area contributed by atoms with Gasteiger partial charge in [0.25, 0.3) is 0 Å². The Labute approximate surface area is 57.5 Å². The van der Waals surface area contributed by atoms with E-state index in [1.165, 1.54) is 0 Å². The van der Waals surface area contributed by atoms with Crippen LogP contribution < -0.4 is 5.32 Å². The summed E-state index contributed by atoms with van der Waals surface area (Å²) >= 11 is 0. The lowest BCUT2D eigenvalue weighted by Gasteiger charge is -2.02. The quantitative estimate of drug-likeness (QED) is 0.484. The summed E-state index contributed by atoms with van der Waals surface area (Å²) in [5, 5.41) is 10.7. The Morgan fingerprint density at radius 2 is 2.40 bits per heavy atom. The molecule has 1 fully saturated rings. The summed E-state index contributed by atoms with van der Waals surface area (Å²) < 4.78 is 0. The monoisotopic (exact) mass is 141 g/mol. The van der Waals surface area contributed by atoms with Crippen molar-refractivity contribution in [1.29, 1.82) is 0 Å². The van der Waals surface area contributed by atoms with Crippen LogP contribution in [-0.4, -0.2) is 23.0 Å². The minimum atomic E-state index is -1.05. The van der Waals surface area contributed by atoms with Crippen molar-refractivity contribution in [3.63, 3.8) is 0 Å². The van der Waals surface area contributed by atoms with E-state index < -0.39 is 12.0 Å². The molecule has 1 saturated heterocycles. The van der Waals surface area contributed by atoms with Crippen molar-refractivity contribution in [2.75, 3.05) is 0 Å². The number of carbonyl (C=O) groups excluding carboxylic acids is 1. The minimum absolute atomic E-state index is 0.136. The van der Waals surface area contributed by atoms with Gasteiger partial charge in [0.05, 0.1) is 0 Å². The molecule has 1 atom stereocenters. The molecular formula is C6H7NO3. The van der Waals surface area contributed by atoms with E-state index in [9.17, 15) is 9.59 Å². The molecule has 0 spiro atoms. The van der Waals surface area contributed by atoms with E-state index in [1.54, 1.807) is 0 Å². The molecule has 1 heterocycles. The zero-order valence-electron chi connectivity index (χ0n) is 5.26. The van der Waals surface area contributed by atoms with Gasteiger partial charge in [0, 0.05) is 6.42 Å². The second kappa shape index (κ2) is 2.13. The van der Waals surface area contributed by atoms with Crippen molar-refractivity contribution in [2.24, 2.45) is 0 Å². The number of amides is 1. The van der Waals surface area contributed by atoms with Gasteiger partial charge < -0.3 is 10.4 Å². The van der Waals surface area contributed by atoms with Crippen LogP contribution in [-0.2, 0) is 9.59 Å². The van der Waals surface area contributed by atoms with Crippen molar-refractivity contribution in [1.82, 2.24) is 5.32 Å². The van der Waals surface area contributed by atoms with E-state index in [0.29, 0.717) is 5.57 Å². The fourth-order valence-electron chi connectivity index (χ4n) is 0.859. The maximum absolute atomic E-state index is 10.5. The molecule has 0 saturated carbocycles. The number of hydrogen-bond donors (Lipinski definition) is 2. The first-order chi connectivity index (χ1) is 4.61. The van der Waals surface area contributed by atoms with Gasteiger partial charge in [-0.25, -0.2) is 4.79 Å². The van der Waals surface area contributed by atoms with E-state index in [1.807, 2.05) is 0 Å². The molecule has 0 aromatic rings. The average Bonchev–Trinajstić information content (AvgIpc) is 2.10. The van der Waals surface area contributed by atoms with Crippen LogP contribution in [0.5, 0.6) is 0 Å². The molecule has 2 N–H and O–H groups in total. The molecule has 10 heavy (non-hydrogen) atoms. The zero-order chi connectivity index (χ0) is 7.72. The molecule has 0 radical (unpaired) electrons. The average molecular weight is 141 g/mol. The van der Waals surface area contributed by atoms with E-state index >= 15 is 0 Å². The topological polar surface area (TPSA) is 66.4 Å². The van der Waals surface area contributed by atoms with Gasteiger partial charge in [-0.05, 0) is 5.57 Å². The standard InChI is InChI=1S/C6H7NO3/c1-3-2-4(8)7-5(3)6(9)10/h5H,1-2H2,(H,7,8)(H,9,10)/t5-/m0/s1. The van der Waals surface area contributed by atoms with Gasteiger partial charge in [-0.2, -0.15) is 0 Å². The predicted molar refractivity (Wildman–Crippen MR) is 33.3 cm³/mol. The number of hydrogen-bond acceptors (Lipinski definition) is 2. The van der Waals surface area contributed by atoms with Gasteiger partial charge in [-0.1, -0.05) is 6.58 Å². The fourth-order valence-corrected chi connectivity index (χ4v) is 0.859. The predicted octanol–water partition coefficient (Wildman–Crippen LogP) is -0.484. The van der Waals surface area contributed by atoms with Gasteiger partial charge in [-0.15, -0.1) is 0 Å². The summed E-state index contributed by atoms with van der Waals surface area (Å²) in [5.41, 5.74) is 0.428. The lowest BCUT2D eigenvalue weighted by atomic mass is 10.1. The van der Waals surface area contributed by atoms with Crippen molar-refractivity contribution >= 4 is 11.9 Å². The number of carboxylic acids is 1. The molecule has 4 nitrogen and oxygen atoms in total. The molecule has 4 heteroatoms. The van der Waals surface area contributed by atoms with Crippen LogP contribution in [0, 0.1) is 0 Å². The first-order valence-electron chi connectivity index (χ1n) is 2.81. The highest BCUT2D eigenvalue weighted by Crippen LogP contribution is 2.12. The lowest BCUT2D eigenvalue weighted by molar-refractivity contribution is -0.139. The van der Waals surface area contributed by atoms with Gasteiger partial charge >= 0.3 is 5.97 Å². The van der Waals surface area contributed by atoms with Gasteiger partial charge in [0.1, 0.15) is 6.04 Å². The number of rotatable bonds is 1. The van der Waals surface area contributed by atoms with Crippen molar-refractivity contribution in [2.45, 2.75) is 12.5 Å². The molecule has 0 bridgehead atoms. The smallest absolute Gasteiger partial charge is 0.330 e. The van der Waals surface area contributed by atoms with Crippen LogP contribution in [0.25, 0.3) is 0 Å². The van der Waals surface area contributed by atoms with Crippen LogP contribution in [0.15, 0.2) is 12.2 Å². The Morgan fingerprint density at radius 3 is 2.60 bits per heavy atom. The molecular weight excluding hydrogens is 134 g/mol. The number of carboxylic acid groups (broad SMARTS) is 1. The summed E-state index contributed by atoms with van der Waals surface area (Å²) in [6.07, 6.45) is 0.136. The third-order valence-electron chi connectivity index (χ3n) is 1.35. The summed E-state index contributed by atoms with van der Waals surface area (Å²) in [5.74, 6) is -1.31. The normalized spacial score (nSPS) is 24.6. The van der Waals surface area contributed by atoms with Gasteiger partial charge in [0.15, 0.2) is 0 Å². The molecule has 1 aliphatic rings. The Hall–Kier alpha value is -1.32. The highest BCUT2D eigenvalue weighted by atomic mass is 16.4.